The van der Waals surface area contributed by atoms with Gasteiger partial charge in [0.25, 0.3) is 0 Å². The number of likely N-dealkylation sites (tertiary alicyclic amines) is 1. The Labute approximate surface area is 159 Å². The lowest BCUT2D eigenvalue weighted by molar-refractivity contribution is 0.0696. The summed E-state index contributed by atoms with van der Waals surface area (Å²) in [5, 5.41) is 12.2. The van der Waals surface area contributed by atoms with Crippen LogP contribution in [0.5, 0.6) is 5.75 Å². The number of benzene rings is 1. The fraction of sp³-hybridized carbons (Fsp3) is 0.450. The smallest absolute Gasteiger partial charge is 0.338 e. The van der Waals surface area contributed by atoms with Crippen molar-refractivity contribution in [1.29, 1.82) is 0 Å². The molecule has 0 unspecified atom stereocenters. The van der Waals surface area contributed by atoms with Crippen molar-refractivity contribution in [2.45, 2.75) is 39.3 Å². The standard InChI is InChI=1S/C20H26N4O3/c1-3-27-18-10-15(5-4-14(18)2)13-24-8-6-17(7-9-24)23-20-21-11-16(12-22-20)19(25)26/h4-5,10-12,17H,3,6-9,13H2,1-2H3,(H,25,26)(H,21,22,23). The molecule has 2 heterocycles. The maximum absolute atomic E-state index is 10.9. The third kappa shape index (κ3) is 5.17. The molecule has 144 valence electrons. The molecule has 1 saturated heterocycles. The number of carboxylic acids is 1. The average molecular weight is 370 g/mol. The van der Waals surface area contributed by atoms with Gasteiger partial charge in [-0.15, -0.1) is 0 Å². The molecule has 0 bridgehead atoms. The van der Waals surface area contributed by atoms with E-state index in [-0.39, 0.29) is 5.56 Å². The van der Waals surface area contributed by atoms with E-state index in [0.29, 0.717) is 18.6 Å². The molecule has 7 heteroatoms. The van der Waals surface area contributed by atoms with Crippen LogP contribution >= 0.6 is 0 Å². The first-order valence-electron chi connectivity index (χ1n) is 9.31. The molecule has 1 aliphatic heterocycles. The Morgan fingerprint density at radius 3 is 2.63 bits per heavy atom. The highest BCUT2D eigenvalue weighted by molar-refractivity contribution is 5.86. The van der Waals surface area contributed by atoms with E-state index in [2.05, 4.69) is 45.3 Å². The van der Waals surface area contributed by atoms with Crippen molar-refractivity contribution < 1.29 is 14.6 Å². The second-order valence-electron chi connectivity index (χ2n) is 6.83. The summed E-state index contributed by atoms with van der Waals surface area (Å²) < 4.78 is 5.69. The Balaban J connectivity index is 1.50. The van der Waals surface area contributed by atoms with E-state index in [1.165, 1.54) is 18.0 Å². The first-order valence-corrected chi connectivity index (χ1v) is 9.31. The number of rotatable bonds is 7. The summed E-state index contributed by atoms with van der Waals surface area (Å²) in [6.07, 6.45) is 4.66. The number of aromatic carboxylic acids is 1. The number of carboxylic acid groups (broad SMARTS) is 1. The van der Waals surface area contributed by atoms with Gasteiger partial charge in [-0.1, -0.05) is 12.1 Å². The summed E-state index contributed by atoms with van der Waals surface area (Å²) in [6, 6.07) is 6.72. The van der Waals surface area contributed by atoms with Gasteiger partial charge in [0, 0.05) is 38.1 Å². The molecule has 1 aromatic carbocycles. The second kappa shape index (κ2) is 8.81. The Kier molecular flexibility index (Phi) is 6.24. The summed E-state index contributed by atoms with van der Waals surface area (Å²) in [6.45, 7) is 7.64. The van der Waals surface area contributed by atoms with Gasteiger partial charge in [0.15, 0.2) is 0 Å². The highest BCUT2D eigenvalue weighted by Crippen LogP contribution is 2.22. The Morgan fingerprint density at radius 1 is 1.30 bits per heavy atom. The van der Waals surface area contributed by atoms with Crippen molar-refractivity contribution in [2.75, 3.05) is 25.0 Å². The van der Waals surface area contributed by atoms with E-state index in [4.69, 9.17) is 9.84 Å². The third-order valence-electron chi connectivity index (χ3n) is 4.78. The lowest BCUT2D eigenvalue weighted by Crippen LogP contribution is -2.39. The average Bonchev–Trinajstić information content (AvgIpc) is 2.67. The summed E-state index contributed by atoms with van der Waals surface area (Å²) >= 11 is 0. The highest BCUT2D eigenvalue weighted by Gasteiger charge is 2.20. The molecule has 0 atom stereocenters. The number of nitrogens with zero attached hydrogens (tertiary/aromatic N) is 3. The summed E-state index contributed by atoms with van der Waals surface area (Å²) in [7, 11) is 0. The minimum atomic E-state index is -1.02. The molecule has 0 radical (unpaired) electrons. The molecule has 3 rings (SSSR count). The maximum atomic E-state index is 10.9. The van der Waals surface area contributed by atoms with Gasteiger partial charge >= 0.3 is 5.97 Å². The SMILES string of the molecule is CCOc1cc(CN2CCC(Nc3ncc(C(=O)O)cn3)CC2)ccc1C. The molecule has 1 aliphatic rings. The fourth-order valence-electron chi connectivity index (χ4n) is 3.24. The van der Waals surface area contributed by atoms with Gasteiger partial charge in [-0.05, 0) is 43.9 Å². The van der Waals surface area contributed by atoms with Gasteiger partial charge < -0.3 is 15.2 Å². The zero-order valence-corrected chi connectivity index (χ0v) is 15.8. The zero-order chi connectivity index (χ0) is 19.2. The van der Waals surface area contributed by atoms with E-state index in [9.17, 15) is 4.79 Å². The molecular formula is C20H26N4O3. The van der Waals surface area contributed by atoms with Crippen LogP contribution in [0.15, 0.2) is 30.6 Å². The van der Waals surface area contributed by atoms with Crippen molar-refractivity contribution in [1.82, 2.24) is 14.9 Å². The number of hydrogen-bond acceptors (Lipinski definition) is 6. The van der Waals surface area contributed by atoms with Gasteiger partial charge in [0.1, 0.15) is 5.75 Å². The van der Waals surface area contributed by atoms with Crippen LogP contribution in [0.2, 0.25) is 0 Å². The minimum absolute atomic E-state index is 0.0971. The molecule has 1 fully saturated rings. The van der Waals surface area contributed by atoms with Gasteiger partial charge in [-0.25, -0.2) is 14.8 Å². The highest BCUT2D eigenvalue weighted by atomic mass is 16.5. The van der Waals surface area contributed by atoms with Crippen LogP contribution in [-0.4, -0.2) is 51.7 Å². The molecule has 0 aliphatic carbocycles. The quantitative estimate of drug-likeness (QED) is 0.775. The monoisotopic (exact) mass is 370 g/mol. The number of carbonyl (C=O) groups is 1. The number of nitrogens with one attached hydrogen (secondary N) is 1. The van der Waals surface area contributed by atoms with Crippen LogP contribution < -0.4 is 10.1 Å². The normalized spacial score (nSPS) is 15.5. The van der Waals surface area contributed by atoms with Crippen LogP contribution in [0.3, 0.4) is 0 Å². The molecule has 27 heavy (non-hydrogen) atoms. The largest absolute Gasteiger partial charge is 0.494 e. The zero-order valence-electron chi connectivity index (χ0n) is 15.8. The first kappa shape index (κ1) is 19.1. The first-order chi connectivity index (χ1) is 13.0. The maximum Gasteiger partial charge on any atom is 0.338 e. The van der Waals surface area contributed by atoms with Crippen LogP contribution in [0.25, 0.3) is 0 Å². The topological polar surface area (TPSA) is 87.6 Å². The van der Waals surface area contributed by atoms with E-state index in [1.807, 2.05) is 6.92 Å². The molecule has 2 aromatic rings. The van der Waals surface area contributed by atoms with Crippen LogP contribution in [0, 0.1) is 6.92 Å². The predicted molar refractivity (Wildman–Crippen MR) is 103 cm³/mol. The van der Waals surface area contributed by atoms with Crippen LogP contribution in [-0.2, 0) is 6.54 Å². The molecule has 0 amide bonds. The minimum Gasteiger partial charge on any atom is -0.494 e. The molecule has 0 saturated carbocycles. The van der Waals surface area contributed by atoms with E-state index in [0.717, 1.165) is 43.8 Å². The molecule has 2 N–H and O–H groups in total. The van der Waals surface area contributed by atoms with E-state index in [1.54, 1.807) is 0 Å². The number of aryl methyl sites for hydroxylation is 1. The number of piperidine rings is 1. The van der Waals surface area contributed by atoms with Crippen molar-refractivity contribution >= 4 is 11.9 Å². The van der Waals surface area contributed by atoms with Crippen LogP contribution in [0.1, 0.15) is 41.3 Å². The summed E-state index contributed by atoms with van der Waals surface area (Å²) in [4.78, 5) is 21.5. The van der Waals surface area contributed by atoms with Crippen molar-refractivity contribution in [3.05, 3.63) is 47.3 Å². The summed E-state index contributed by atoms with van der Waals surface area (Å²) in [5.74, 6) is 0.435. The molecule has 0 spiro atoms. The predicted octanol–water partition coefficient (Wildman–Crippen LogP) is 2.96. The second-order valence-corrected chi connectivity index (χ2v) is 6.83. The Morgan fingerprint density at radius 2 is 2.00 bits per heavy atom. The van der Waals surface area contributed by atoms with Crippen molar-refractivity contribution in [3.63, 3.8) is 0 Å². The number of ether oxygens (including phenoxy) is 1. The van der Waals surface area contributed by atoms with E-state index >= 15 is 0 Å². The Bertz CT molecular complexity index is 771. The van der Waals surface area contributed by atoms with E-state index < -0.39 is 5.97 Å². The van der Waals surface area contributed by atoms with Gasteiger partial charge in [0.05, 0.1) is 12.2 Å². The van der Waals surface area contributed by atoms with Crippen molar-refractivity contribution in [2.24, 2.45) is 0 Å². The number of anilines is 1. The van der Waals surface area contributed by atoms with Crippen LogP contribution in [0.4, 0.5) is 5.95 Å². The molecular weight excluding hydrogens is 344 g/mol. The fourth-order valence-corrected chi connectivity index (χ4v) is 3.24. The lowest BCUT2D eigenvalue weighted by Gasteiger charge is -2.32. The third-order valence-corrected chi connectivity index (χ3v) is 4.78. The molecule has 1 aromatic heterocycles. The number of hydrogen-bond donors (Lipinski definition) is 2. The Hall–Kier alpha value is -2.67. The number of aromatic nitrogens is 2. The summed E-state index contributed by atoms with van der Waals surface area (Å²) in [5.41, 5.74) is 2.53. The van der Waals surface area contributed by atoms with Gasteiger partial charge in [-0.3, -0.25) is 4.90 Å². The van der Waals surface area contributed by atoms with Crippen molar-refractivity contribution in [3.8, 4) is 5.75 Å². The van der Waals surface area contributed by atoms with Gasteiger partial charge in [-0.2, -0.15) is 0 Å². The van der Waals surface area contributed by atoms with Gasteiger partial charge in [0.2, 0.25) is 5.95 Å². The lowest BCUT2D eigenvalue weighted by atomic mass is 10.0. The molecule has 7 nitrogen and oxygen atoms in total.